The maximum absolute atomic E-state index is 3.66. The van der Waals surface area contributed by atoms with Gasteiger partial charge in [0.2, 0.25) is 0 Å². The molecule has 2 heteroatoms. The number of nitrogens with one attached hydrogen (secondary N) is 1. The van der Waals surface area contributed by atoms with Crippen molar-refractivity contribution < 1.29 is 0 Å². The van der Waals surface area contributed by atoms with Gasteiger partial charge in [-0.15, -0.1) is 0 Å². The van der Waals surface area contributed by atoms with Crippen molar-refractivity contribution in [2.75, 3.05) is 19.3 Å². The van der Waals surface area contributed by atoms with Gasteiger partial charge in [-0.3, -0.25) is 0 Å². The van der Waals surface area contributed by atoms with E-state index in [9.17, 15) is 0 Å². The molecule has 2 aliphatic carbocycles. The maximum Gasteiger partial charge on any atom is 0.0282 e. The maximum atomic E-state index is 3.66. The summed E-state index contributed by atoms with van der Waals surface area (Å²) in [6, 6.07) is 8.85. The van der Waals surface area contributed by atoms with Gasteiger partial charge < -0.3 is 5.32 Å². The smallest absolute Gasteiger partial charge is 0.0282 e. The molecule has 0 spiro atoms. The number of thioether (sulfide) groups is 1. The molecule has 1 nitrogen and oxygen atoms in total. The zero-order chi connectivity index (χ0) is 11.0. The fourth-order valence-electron chi connectivity index (χ4n) is 2.61. The highest BCUT2D eigenvalue weighted by Crippen LogP contribution is 2.46. The van der Waals surface area contributed by atoms with Crippen molar-refractivity contribution in [3.8, 4) is 0 Å². The molecular formula is C14H19NS. The second-order valence-electron chi connectivity index (χ2n) is 5.12. The highest BCUT2D eigenvalue weighted by molar-refractivity contribution is 8.00. The monoisotopic (exact) mass is 233 g/mol. The van der Waals surface area contributed by atoms with Crippen LogP contribution in [0.4, 0.5) is 0 Å². The molecule has 0 saturated heterocycles. The number of hydrogen-bond donors (Lipinski definition) is 1. The summed E-state index contributed by atoms with van der Waals surface area (Å²) >= 11 is 2.04. The number of benzene rings is 1. The summed E-state index contributed by atoms with van der Waals surface area (Å²) in [4.78, 5) is 0. The van der Waals surface area contributed by atoms with Gasteiger partial charge in [0.25, 0.3) is 0 Å². The molecule has 1 fully saturated rings. The van der Waals surface area contributed by atoms with E-state index < -0.39 is 0 Å². The lowest BCUT2D eigenvalue weighted by atomic mass is 9.77. The molecule has 0 bridgehead atoms. The first-order valence-electron chi connectivity index (χ1n) is 6.17. The first-order chi connectivity index (χ1) is 7.83. The lowest BCUT2D eigenvalue weighted by molar-refractivity contribution is 0.531. The van der Waals surface area contributed by atoms with Crippen molar-refractivity contribution in [3.05, 3.63) is 35.4 Å². The first-order valence-corrected chi connectivity index (χ1v) is 7.39. The van der Waals surface area contributed by atoms with Crippen LogP contribution in [0.1, 0.15) is 29.9 Å². The van der Waals surface area contributed by atoms with E-state index in [1.807, 2.05) is 11.8 Å². The second kappa shape index (κ2) is 4.08. The van der Waals surface area contributed by atoms with Crippen LogP contribution >= 0.6 is 11.8 Å². The predicted octanol–water partition coefficient (Wildman–Crippen LogP) is 2.81. The van der Waals surface area contributed by atoms with Crippen molar-refractivity contribution in [2.24, 2.45) is 0 Å². The van der Waals surface area contributed by atoms with Gasteiger partial charge in [0, 0.05) is 23.8 Å². The molecule has 0 heterocycles. The van der Waals surface area contributed by atoms with Gasteiger partial charge in [0.15, 0.2) is 0 Å². The van der Waals surface area contributed by atoms with Crippen LogP contribution in [0.2, 0.25) is 0 Å². The van der Waals surface area contributed by atoms with Gasteiger partial charge in [-0.2, -0.15) is 11.8 Å². The quantitative estimate of drug-likeness (QED) is 0.839. The average Bonchev–Trinajstić information content (AvgIpc) is 3.06. The number of rotatable bonds is 5. The lowest BCUT2D eigenvalue weighted by Crippen LogP contribution is -2.33. The third-order valence-corrected chi connectivity index (χ3v) is 5.46. The summed E-state index contributed by atoms with van der Waals surface area (Å²) in [5.41, 5.74) is 3.13. The van der Waals surface area contributed by atoms with Crippen molar-refractivity contribution in [2.45, 2.75) is 29.9 Å². The molecule has 1 saturated carbocycles. The van der Waals surface area contributed by atoms with E-state index in [1.165, 1.54) is 32.4 Å². The molecule has 0 aromatic heterocycles. The van der Waals surface area contributed by atoms with Crippen LogP contribution in [-0.2, 0) is 6.42 Å². The van der Waals surface area contributed by atoms with E-state index in [4.69, 9.17) is 0 Å². The Morgan fingerprint density at radius 3 is 2.88 bits per heavy atom. The van der Waals surface area contributed by atoms with Crippen LogP contribution in [-0.4, -0.2) is 24.1 Å². The second-order valence-corrected chi connectivity index (χ2v) is 6.39. The molecule has 16 heavy (non-hydrogen) atoms. The van der Waals surface area contributed by atoms with Gasteiger partial charge in [-0.25, -0.2) is 0 Å². The molecule has 0 aliphatic heterocycles. The highest BCUT2D eigenvalue weighted by atomic mass is 32.2. The molecule has 3 rings (SSSR count). The molecule has 0 radical (unpaired) electrons. The first kappa shape index (κ1) is 10.7. The summed E-state index contributed by atoms with van der Waals surface area (Å²) in [5.74, 6) is 0.772. The Balaban J connectivity index is 1.48. The minimum atomic E-state index is 0.600. The van der Waals surface area contributed by atoms with Crippen molar-refractivity contribution >= 4 is 11.8 Å². The van der Waals surface area contributed by atoms with E-state index in [-0.39, 0.29) is 0 Å². The molecule has 1 aromatic rings. The molecular weight excluding hydrogens is 214 g/mol. The SMILES string of the molecule is CSC1(CNCC2Cc3ccccc32)CC1. The lowest BCUT2D eigenvalue weighted by Gasteiger charge is -2.30. The topological polar surface area (TPSA) is 12.0 Å². The summed E-state index contributed by atoms with van der Waals surface area (Å²) in [5, 5.41) is 3.66. The van der Waals surface area contributed by atoms with Crippen LogP contribution in [0, 0.1) is 0 Å². The number of fused-ring (bicyclic) bond motifs is 1. The summed E-state index contributed by atoms with van der Waals surface area (Å²) in [6.07, 6.45) is 6.33. The molecule has 1 aromatic carbocycles. The Labute approximate surface area is 102 Å². The van der Waals surface area contributed by atoms with E-state index in [1.54, 1.807) is 11.1 Å². The van der Waals surface area contributed by atoms with Gasteiger partial charge in [0.1, 0.15) is 0 Å². The van der Waals surface area contributed by atoms with Crippen molar-refractivity contribution in [1.29, 1.82) is 0 Å². The molecule has 1 unspecified atom stereocenters. The Kier molecular flexibility index (Phi) is 2.72. The summed E-state index contributed by atoms with van der Waals surface area (Å²) in [7, 11) is 0. The Morgan fingerprint density at radius 1 is 1.38 bits per heavy atom. The van der Waals surface area contributed by atoms with Crippen LogP contribution < -0.4 is 5.32 Å². The molecule has 86 valence electrons. The number of hydrogen-bond acceptors (Lipinski definition) is 2. The normalized spacial score (nSPS) is 24.7. The molecule has 1 atom stereocenters. The van der Waals surface area contributed by atoms with Crippen molar-refractivity contribution in [1.82, 2.24) is 5.32 Å². The molecule has 1 N–H and O–H groups in total. The Bertz CT molecular complexity index is 384. The zero-order valence-corrected chi connectivity index (χ0v) is 10.6. The van der Waals surface area contributed by atoms with Crippen LogP contribution in [0.15, 0.2) is 24.3 Å². The van der Waals surface area contributed by atoms with E-state index in [2.05, 4.69) is 35.8 Å². The highest BCUT2D eigenvalue weighted by Gasteiger charge is 2.41. The van der Waals surface area contributed by atoms with E-state index >= 15 is 0 Å². The minimum Gasteiger partial charge on any atom is -0.315 e. The van der Waals surface area contributed by atoms with E-state index in [0.717, 1.165) is 5.92 Å². The van der Waals surface area contributed by atoms with E-state index in [0.29, 0.717) is 4.75 Å². The van der Waals surface area contributed by atoms with Gasteiger partial charge in [0.05, 0.1) is 0 Å². The van der Waals surface area contributed by atoms with Crippen LogP contribution in [0.5, 0.6) is 0 Å². The van der Waals surface area contributed by atoms with Crippen LogP contribution in [0.25, 0.3) is 0 Å². The summed E-state index contributed by atoms with van der Waals surface area (Å²) in [6.45, 7) is 2.37. The minimum absolute atomic E-state index is 0.600. The Morgan fingerprint density at radius 2 is 2.19 bits per heavy atom. The van der Waals surface area contributed by atoms with Gasteiger partial charge >= 0.3 is 0 Å². The standard InChI is InChI=1S/C14H19NS/c1-16-14(6-7-14)10-15-9-12-8-11-4-2-3-5-13(11)12/h2-5,12,15H,6-10H2,1H3. The molecule has 0 amide bonds. The van der Waals surface area contributed by atoms with Gasteiger partial charge in [-0.05, 0) is 36.6 Å². The largest absolute Gasteiger partial charge is 0.315 e. The zero-order valence-electron chi connectivity index (χ0n) is 9.83. The fourth-order valence-corrected chi connectivity index (χ4v) is 3.37. The predicted molar refractivity (Wildman–Crippen MR) is 71.2 cm³/mol. The van der Waals surface area contributed by atoms with Gasteiger partial charge in [-0.1, -0.05) is 24.3 Å². The molecule has 2 aliphatic rings. The third-order valence-electron chi connectivity index (χ3n) is 4.04. The third kappa shape index (κ3) is 1.89. The Hall–Kier alpha value is -0.470. The fraction of sp³-hybridized carbons (Fsp3) is 0.571. The summed E-state index contributed by atoms with van der Waals surface area (Å²) < 4.78 is 0.600. The van der Waals surface area contributed by atoms with Crippen LogP contribution in [0.3, 0.4) is 0 Å². The average molecular weight is 233 g/mol. The van der Waals surface area contributed by atoms with Crippen molar-refractivity contribution in [3.63, 3.8) is 0 Å².